The van der Waals surface area contributed by atoms with E-state index in [9.17, 15) is 13.9 Å². The van der Waals surface area contributed by atoms with Crippen LogP contribution < -0.4 is 0 Å². The van der Waals surface area contributed by atoms with E-state index in [1.807, 2.05) is 0 Å². The summed E-state index contributed by atoms with van der Waals surface area (Å²) in [6, 6.07) is 3.17. The zero-order chi connectivity index (χ0) is 12.4. The highest BCUT2D eigenvalue weighted by Gasteiger charge is 2.17. The van der Waals surface area contributed by atoms with Crippen LogP contribution in [0.3, 0.4) is 0 Å². The molecule has 0 radical (unpaired) electrons. The first-order valence-corrected chi connectivity index (χ1v) is 5.93. The van der Waals surface area contributed by atoms with Gasteiger partial charge in [0, 0.05) is 5.56 Å². The molecule has 1 N–H and O–H groups in total. The van der Waals surface area contributed by atoms with Crippen LogP contribution in [0.2, 0.25) is 0 Å². The summed E-state index contributed by atoms with van der Waals surface area (Å²) in [4.78, 5) is 0. The van der Waals surface area contributed by atoms with Crippen molar-refractivity contribution >= 4 is 5.57 Å². The molecule has 17 heavy (non-hydrogen) atoms. The fourth-order valence-electron chi connectivity index (χ4n) is 2.19. The molecule has 1 aromatic carbocycles. The number of aryl methyl sites for hydroxylation is 1. The summed E-state index contributed by atoms with van der Waals surface area (Å²) in [6.45, 7) is 1.54. The second-order valence-corrected chi connectivity index (χ2v) is 4.56. The Hall–Kier alpha value is -1.22. The van der Waals surface area contributed by atoms with Gasteiger partial charge in [0.05, 0.1) is 6.10 Å². The molecule has 0 aromatic heterocycles. The summed E-state index contributed by atoms with van der Waals surface area (Å²) in [6.07, 6.45) is 4.31. The van der Waals surface area contributed by atoms with Crippen molar-refractivity contribution in [1.82, 2.24) is 0 Å². The summed E-state index contributed by atoms with van der Waals surface area (Å²) >= 11 is 0. The van der Waals surface area contributed by atoms with Gasteiger partial charge in [0.15, 0.2) is 11.6 Å². The van der Waals surface area contributed by atoms with Gasteiger partial charge in [-0.2, -0.15) is 0 Å². The second kappa shape index (κ2) is 4.96. The average molecular weight is 238 g/mol. The molecule has 0 fully saturated rings. The van der Waals surface area contributed by atoms with Crippen molar-refractivity contribution in [2.45, 2.75) is 38.7 Å². The maximum atomic E-state index is 13.8. The van der Waals surface area contributed by atoms with E-state index in [-0.39, 0.29) is 5.56 Å². The Labute approximate surface area is 99.8 Å². The van der Waals surface area contributed by atoms with Crippen molar-refractivity contribution in [3.63, 3.8) is 0 Å². The van der Waals surface area contributed by atoms with Crippen LogP contribution >= 0.6 is 0 Å². The van der Waals surface area contributed by atoms with Gasteiger partial charge in [0.2, 0.25) is 0 Å². The number of aliphatic hydroxyl groups is 1. The molecular formula is C14H16F2O. The number of aliphatic hydroxyl groups excluding tert-OH is 1. The van der Waals surface area contributed by atoms with Crippen LogP contribution in [-0.4, -0.2) is 11.2 Å². The van der Waals surface area contributed by atoms with E-state index in [4.69, 9.17) is 0 Å². The summed E-state index contributed by atoms with van der Waals surface area (Å²) in [5.74, 6) is -1.59. The van der Waals surface area contributed by atoms with Crippen LogP contribution in [0.1, 0.15) is 36.8 Å². The van der Waals surface area contributed by atoms with Crippen molar-refractivity contribution in [2.75, 3.05) is 0 Å². The first kappa shape index (κ1) is 12.2. The van der Waals surface area contributed by atoms with Gasteiger partial charge in [-0.3, -0.25) is 0 Å². The molecule has 2 rings (SSSR count). The molecule has 1 aliphatic carbocycles. The van der Waals surface area contributed by atoms with Gasteiger partial charge in [-0.25, -0.2) is 8.78 Å². The standard InChI is InChI=1S/C14H16F2O/c1-9-6-7-12(14(16)13(9)15)10-4-2-3-5-11(17)8-10/h6-8,11,17H,2-5H2,1H3. The van der Waals surface area contributed by atoms with Crippen molar-refractivity contribution < 1.29 is 13.9 Å². The molecule has 0 saturated carbocycles. The number of rotatable bonds is 1. The minimum absolute atomic E-state index is 0.286. The molecule has 0 heterocycles. The third-order valence-electron chi connectivity index (χ3n) is 3.21. The number of halogens is 2. The molecule has 0 bridgehead atoms. The van der Waals surface area contributed by atoms with Crippen LogP contribution in [-0.2, 0) is 0 Å². The Balaban J connectivity index is 2.42. The lowest BCUT2D eigenvalue weighted by molar-refractivity contribution is 0.211. The Morgan fingerprint density at radius 2 is 1.94 bits per heavy atom. The highest BCUT2D eigenvalue weighted by molar-refractivity contribution is 5.67. The topological polar surface area (TPSA) is 20.2 Å². The van der Waals surface area contributed by atoms with Crippen molar-refractivity contribution in [3.8, 4) is 0 Å². The SMILES string of the molecule is Cc1ccc(C2=CC(O)CCCC2)c(F)c1F. The molecule has 1 nitrogen and oxygen atoms in total. The summed E-state index contributed by atoms with van der Waals surface area (Å²) in [7, 11) is 0. The largest absolute Gasteiger partial charge is 0.389 e. The van der Waals surface area contributed by atoms with E-state index in [0.717, 1.165) is 12.8 Å². The van der Waals surface area contributed by atoms with E-state index in [0.29, 0.717) is 24.0 Å². The Morgan fingerprint density at radius 1 is 1.18 bits per heavy atom. The molecule has 0 saturated heterocycles. The zero-order valence-electron chi connectivity index (χ0n) is 9.84. The minimum Gasteiger partial charge on any atom is -0.389 e. The van der Waals surface area contributed by atoms with Crippen molar-refractivity contribution in [3.05, 3.63) is 41.0 Å². The van der Waals surface area contributed by atoms with Crippen molar-refractivity contribution in [1.29, 1.82) is 0 Å². The van der Waals surface area contributed by atoms with Gasteiger partial charge < -0.3 is 5.11 Å². The lowest BCUT2D eigenvalue weighted by Crippen LogP contribution is -2.01. The quantitative estimate of drug-likeness (QED) is 0.792. The van der Waals surface area contributed by atoms with Gasteiger partial charge in [-0.1, -0.05) is 24.6 Å². The Kier molecular flexibility index (Phi) is 3.57. The second-order valence-electron chi connectivity index (χ2n) is 4.56. The molecule has 0 aliphatic heterocycles. The van der Waals surface area contributed by atoms with E-state index >= 15 is 0 Å². The molecule has 3 heteroatoms. The lowest BCUT2D eigenvalue weighted by Gasteiger charge is -2.09. The maximum Gasteiger partial charge on any atom is 0.166 e. The highest BCUT2D eigenvalue weighted by Crippen LogP contribution is 2.29. The van der Waals surface area contributed by atoms with Crippen LogP contribution in [0, 0.1) is 18.6 Å². The number of hydrogen-bond donors (Lipinski definition) is 1. The van der Waals surface area contributed by atoms with Gasteiger partial charge in [-0.05, 0) is 37.3 Å². The molecule has 1 aromatic rings. The monoisotopic (exact) mass is 238 g/mol. The smallest absolute Gasteiger partial charge is 0.166 e. The Bertz CT molecular complexity index is 452. The minimum atomic E-state index is -0.801. The zero-order valence-corrected chi connectivity index (χ0v) is 9.84. The number of benzene rings is 1. The number of hydrogen-bond acceptors (Lipinski definition) is 1. The first-order valence-electron chi connectivity index (χ1n) is 5.93. The van der Waals surface area contributed by atoms with Crippen LogP contribution in [0.25, 0.3) is 5.57 Å². The van der Waals surface area contributed by atoms with Crippen LogP contribution in [0.15, 0.2) is 18.2 Å². The molecule has 1 aliphatic rings. The van der Waals surface area contributed by atoms with Gasteiger partial charge >= 0.3 is 0 Å². The van der Waals surface area contributed by atoms with Gasteiger partial charge in [-0.15, -0.1) is 0 Å². The van der Waals surface area contributed by atoms with Crippen LogP contribution in [0.4, 0.5) is 8.78 Å². The fourth-order valence-corrected chi connectivity index (χ4v) is 2.19. The molecule has 92 valence electrons. The van der Waals surface area contributed by atoms with E-state index in [2.05, 4.69) is 0 Å². The maximum absolute atomic E-state index is 13.8. The van der Waals surface area contributed by atoms with E-state index < -0.39 is 17.7 Å². The number of allylic oxidation sites excluding steroid dienone is 1. The predicted octanol–water partition coefficient (Wildman–Crippen LogP) is 3.59. The molecular weight excluding hydrogens is 222 g/mol. The highest BCUT2D eigenvalue weighted by atomic mass is 19.2. The van der Waals surface area contributed by atoms with Crippen LogP contribution in [0.5, 0.6) is 0 Å². The average Bonchev–Trinajstić information content (AvgIpc) is 2.51. The fraction of sp³-hybridized carbons (Fsp3) is 0.429. The van der Waals surface area contributed by atoms with Gasteiger partial charge in [0.1, 0.15) is 0 Å². The summed E-state index contributed by atoms with van der Waals surface area (Å²) < 4.78 is 27.3. The predicted molar refractivity (Wildman–Crippen MR) is 63.5 cm³/mol. The molecule has 0 amide bonds. The van der Waals surface area contributed by atoms with E-state index in [1.54, 1.807) is 25.1 Å². The summed E-state index contributed by atoms with van der Waals surface area (Å²) in [5.41, 5.74) is 1.31. The summed E-state index contributed by atoms with van der Waals surface area (Å²) in [5, 5.41) is 9.64. The molecule has 1 atom stereocenters. The third kappa shape index (κ3) is 2.55. The normalized spacial score (nSPS) is 20.9. The first-order chi connectivity index (χ1) is 8.09. The third-order valence-corrected chi connectivity index (χ3v) is 3.21. The Morgan fingerprint density at radius 3 is 2.71 bits per heavy atom. The lowest BCUT2D eigenvalue weighted by atomic mass is 9.99. The molecule has 0 spiro atoms. The molecule has 1 unspecified atom stereocenters. The van der Waals surface area contributed by atoms with E-state index in [1.165, 1.54) is 0 Å². The van der Waals surface area contributed by atoms with Gasteiger partial charge in [0.25, 0.3) is 0 Å². The van der Waals surface area contributed by atoms with Crippen molar-refractivity contribution in [2.24, 2.45) is 0 Å².